The molecule has 1 N–H and O–H groups in total. The third-order valence-corrected chi connectivity index (χ3v) is 5.88. The first-order chi connectivity index (χ1) is 12.7. The van der Waals surface area contributed by atoms with Gasteiger partial charge in [-0.05, 0) is 59.2 Å². The molecule has 4 rings (SSSR count). The van der Waals surface area contributed by atoms with Crippen LogP contribution in [0.3, 0.4) is 0 Å². The maximum Gasteiger partial charge on any atom is 0.256 e. The lowest BCUT2D eigenvalue weighted by Gasteiger charge is -2.10. The Morgan fingerprint density at radius 3 is 2.85 bits per heavy atom. The van der Waals surface area contributed by atoms with Crippen molar-refractivity contribution in [3.05, 3.63) is 63.2 Å². The monoisotopic (exact) mass is 474 g/mol. The van der Waals surface area contributed by atoms with E-state index in [1.165, 1.54) is 0 Å². The number of thiophene rings is 1. The van der Waals surface area contributed by atoms with E-state index in [0.29, 0.717) is 12.1 Å². The lowest BCUT2D eigenvalue weighted by atomic mass is 10.1. The lowest BCUT2D eigenvalue weighted by molar-refractivity contribution is 0.102. The Morgan fingerprint density at radius 1 is 1.27 bits per heavy atom. The maximum absolute atomic E-state index is 13.0. The summed E-state index contributed by atoms with van der Waals surface area (Å²) in [6, 6.07) is 13.6. The Morgan fingerprint density at radius 2 is 2.12 bits per heavy atom. The van der Waals surface area contributed by atoms with Crippen molar-refractivity contribution < 1.29 is 4.79 Å². The summed E-state index contributed by atoms with van der Waals surface area (Å²) in [5.41, 5.74) is 2.89. The third-order valence-electron chi connectivity index (χ3n) is 4.05. The molecule has 0 fully saturated rings. The van der Waals surface area contributed by atoms with Gasteiger partial charge in [0.1, 0.15) is 0 Å². The number of aromatic nitrogens is 3. The number of anilines is 1. The van der Waals surface area contributed by atoms with Gasteiger partial charge in [-0.25, -0.2) is 9.67 Å². The van der Waals surface area contributed by atoms with Gasteiger partial charge in [-0.3, -0.25) is 4.79 Å². The average Bonchev–Trinajstić information content (AvgIpc) is 3.32. The highest BCUT2D eigenvalue weighted by molar-refractivity contribution is 14.1. The fourth-order valence-corrected chi connectivity index (χ4v) is 3.98. The number of hydrogen-bond acceptors (Lipinski definition) is 4. The smallest absolute Gasteiger partial charge is 0.256 e. The predicted octanol–water partition coefficient (Wildman–Crippen LogP) is 5.04. The minimum atomic E-state index is -0.157. The van der Waals surface area contributed by atoms with E-state index < -0.39 is 0 Å². The number of pyridine rings is 1. The second-order valence-electron chi connectivity index (χ2n) is 5.66. The standard InChI is InChI=1S/C19H15IN4OS/c1-2-24-18-13(11-21-24)12(10-16(22-18)17-8-5-9-26-17)19(25)23-15-7-4-3-6-14(15)20/h3-11H,2H2,1H3,(H,23,25). The van der Waals surface area contributed by atoms with E-state index in [4.69, 9.17) is 4.98 Å². The van der Waals surface area contributed by atoms with Crippen molar-refractivity contribution in [1.82, 2.24) is 14.8 Å². The highest BCUT2D eigenvalue weighted by Crippen LogP contribution is 2.29. The van der Waals surface area contributed by atoms with Gasteiger partial charge < -0.3 is 5.32 Å². The first kappa shape index (κ1) is 17.2. The van der Waals surface area contributed by atoms with Gasteiger partial charge in [0, 0.05) is 10.1 Å². The molecule has 4 aromatic rings. The van der Waals surface area contributed by atoms with Crippen LogP contribution in [0.5, 0.6) is 0 Å². The number of nitrogens with one attached hydrogen (secondary N) is 1. The first-order valence-electron chi connectivity index (χ1n) is 8.13. The van der Waals surface area contributed by atoms with Gasteiger partial charge in [0.2, 0.25) is 0 Å². The molecule has 0 aliphatic heterocycles. The largest absolute Gasteiger partial charge is 0.321 e. The number of carbonyl (C=O) groups excluding carboxylic acids is 1. The Hall–Kier alpha value is -2.26. The molecule has 3 heterocycles. The van der Waals surface area contributed by atoms with Crippen molar-refractivity contribution in [2.45, 2.75) is 13.5 Å². The van der Waals surface area contributed by atoms with Gasteiger partial charge in [-0.2, -0.15) is 5.10 Å². The summed E-state index contributed by atoms with van der Waals surface area (Å²) < 4.78 is 2.81. The molecule has 1 amide bonds. The normalized spacial score (nSPS) is 11.0. The molecule has 0 saturated carbocycles. The summed E-state index contributed by atoms with van der Waals surface area (Å²) in [6.07, 6.45) is 1.72. The summed E-state index contributed by atoms with van der Waals surface area (Å²) in [5.74, 6) is -0.157. The summed E-state index contributed by atoms with van der Waals surface area (Å²) in [6.45, 7) is 2.71. The molecule has 0 bridgehead atoms. The number of fused-ring (bicyclic) bond motifs is 1. The minimum absolute atomic E-state index is 0.157. The van der Waals surface area contributed by atoms with Crippen molar-refractivity contribution >= 4 is 56.6 Å². The van der Waals surface area contributed by atoms with Crippen LogP contribution in [-0.2, 0) is 6.54 Å². The summed E-state index contributed by atoms with van der Waals surface area (Å²) in [7, 11) is 0. The predicted molar refractivity (Wildman–Crippen MR) is 114 cm³/mol. The molecule has 5 nitrogen and oxygen atoms in total. The zero-order valence-corrected chi connectivity index (χ0v) is 16.9. The number of halogens is 1. The molecule has 1 aromatic carbocycles. The van der Waals surface area contributed by atoms with Crippen LogP contribution in [0.15, 0.2) is 54.0 Å². The molecule has 0 aliphatic rings. The Balaban J connectivity index is 1.84. The van der Waals surface area contributed by atoms with Crippen molar-refractivity contribution in [2.75, 3.05) is 5.32 Å². The van der Waals surface area contributed by atoms with Crippen LogP contribution in [0.1, 0.15) is 17.3 Å². The molecule has 0 atom stereocenters. The van der Waals surface area contributed by atoms with Gasteiger partial charge >= 0.3 is 0 Å². The number of aryl methyl sites for hydroxylation is 1. The third kappa shape index (κ3) is 3.12. The number of benzene rings is 1. The van der Waals surface area contributed by atoms with E-state index in [2.05, 4.69) is 33.0 Å². The number of carbonyl (C=O) groups is 1. The summed E-state index contributed by atoms with van der Waals surface area (Å²) in [4.78, 5) is 18.8. The molecule has 0 radical (unpaired) electrons. The molecule has 0 aliphatic carbocycles. The van der Waals surface area contributed by atoms with E-state index in [-0.39, 0.29) is 5.91 Å². The van der Waals surface area contributed by atoms with Gasteiger partial charge in [-0.1, -0.05) is 18.2 Å². The number of rotatable bonds is 4. The Labute approximate surface area is 168 Å². The van der Waals surface area contributed by atoms with Crippen LogP contribution in [0, 0.1) is 3.57 Å². The second-order valence-corrected chi connectivity index (χ2v) is 7.77. The Bertz CT molecular complexity index is 1090. The van der Waals surface area contributed by atoms with Crippen molar-refractivity contribution in [2.24, 2.45) is 0 Å². The van der Waals surface area contributed by atoms with E-state index in [0.717, 1.165) is 30.9 Å². The highest BCUT2D eigenvalue weighted by Gasteiger charge is 2.18. The van der Waals surface area contributed by atoms with Gasteiger partial charge in [0.15, 0.2) is 5.65 Å². The molecule has 7 heteroatoms. The zero-order valence-electron chi connectivity index (χ0n) is 13.9. The SMILES string of the molecule is CCn1ncc2c(C(=O)Nc3ccccc3I)cc(-c3cccs3)nc21. The number of nitrogens with zero attached hydrogens (tertiary/aromatic N) is 3. The molecule has 0 spiro atoms. The summed E-state index contributed by atoms with van der Waals surface area (Å²) >= 11 is 3.82. The molecule has 3 aromatic heterocycles. The average molecular weight is 474 g/mol. The van der Waals surface area contributed by atoms with E-state index in [9.17, 15) is 4.79 Å². The van der Waals surface area contributed by atoms with Gasteiger partial charge in [0.25, 0.3) is 5.91 Å². The molecular formula is C19H15IN4OS. The second kappa shape index (κ2) is 7.16. The van der Waals surface area contributed by atoms with Crippen molar-refractivity contribution in [1.29, 1.82) is 0 Å². The van der Waals surface area contributed by atoms with Crippen LogP contribution >= 0.6 is 33.9 Å². The minimum Gasteiger partial charge on any atom is -0.321 e. The summed E-state index contributed by atoms with van der Waals surface area (Å²) in [5, 5.41) is 10.2. The highest BCUT2D eigenvalue weighted by atomic mass is 127. The number of amides is 1. The van der Waals surface area contributed by atoms with E-state index in [1.807, 2.05) is 59.5 Å². The Kier molecular flexibility index (Phi) is 4.73. The fourth-order valence-electron chi connectivity index (χ4n) is 2.77. The zero-order chi connectivity index (χ0) is 18.1. The topological polar surface area (TPSA) is 59.8 Å². The van der Waals surface area contributed by atoms with Crippen LogP contribution in [0.25, 0.3) is 21.6 Å². The van der Waals surface area contributed by atoms with Crippen LogP contribution in [0.2, 0.25) is 0 Å². The molecule has 26 heavy (non-hydrogen) atoms. The van der Waals surface area contributed by atoms with Crippen LogP contribution in [0.4, 0.5) is 5.69 Å². The fraction of sp³-hybridized carbons (Fsp3) is 0.105. The number of para-hydroxylation sites is 1. The number of hydrogen-bond donors (Lipinski definition) is 1. The first-order valence-corrected chi connectivity index (χ1v) is 10.1. The molecule has 0 saturated heterocycles. The molecule has 130 valence electrons. The van der Waals surface area contributed by atoms with Gasteiger partial charge in [-0.15, -0.1) is 11.3 Å². The van der Waals surface area contributed by atoms with Crippen molar-refractivity contribution in [3.63, 3.8) is 0 Å². The quantitative estimate of drug-likeness (QED) is 0.422. The van der Waals surface area contributed by atoms with E-state index in [1.54, 1.807) is 17.5 Å². The lowest BCUT2D eigenvalue weighted by Crippen LogP contribution is -2.14. The molecular weight excluding hydrogens is 459 g/mol. The molecule has 0 unspecified atom stereocenters. The van der Waals surface area contributed by atoms with Crippen LogP contribution < -0.4 is 5.32 Å². The van der Waals surface area contributed by atoms with Gasteiger partial charge in [0.05, 0.1) is 33.4 Å². The van der Waals surface area contributed by atoms with Crippen LogP contribution in [-0.4, -0.2) is 20.7 Å². The van der Waals surface area contributed by atoms with Crippen molar-refractivity contribution in [3.8, 4) is 10.6 Å². The maximum atomic E-state index is 13.0. The van der Waals surface area contributed by atoms with E-state index >= 15 is 0 Å².